The van der Waals surface area contributed by atoms with Gasteiger partial charge in [-0.15, -0.1) is 11.3 Å². The van der Waals surface area contributed by atoms with Gasteiger partial charge in [-0.2, -0.15) is 0 Å². The number of carbonyl (C=O) groups excluding carboxylic acids is 1. The fraction of sp³-hybridized carbons (Fsp3) is 0.444. The van der Waals surface area contributed by atoms with Gasteiger partial charge in [-0.3, -0.25) is 9.69 Å². The maximum absolute atomic E-state index is 12.4. The van der Waals surface area contributed by atoms with Gasteiger partial charge < -0.3 is 9.64 Å². The Morgan fingerprint density at radius 3 is 2.79 bits per heavy atom. The van der Waals surface area contributed by atoms with Crippen LogP contribution in [-0.2, 0) is 29.0 Å². The molecule has 1 fully saturated rings. The zero-order valence-electron chi connectivity index (χ0n) is 14.0. The van der Waals surface area contributed by atoms with Gasteiger partial charge in [0, 0.05) is 32.1 Å². The number of rotatable bonds is 6. The Bertz CT molecular complexity index is 653. The molecule has 0 N–H and O–H groups in total. The summed E-state index contributed by atoms with van der Waals surface area (Å²) in [5.41, 5.74) is 2.01. The fourth-order valence-electron chi connectivity index (χ4n) is 2.69. The highest BCUT2D eigenvalue weighted by Crippen LogP contribution is 2.15. The predicted octanol–water partition coefficient (Wildman–Crippen LogP) is 2.18. The lowest BCUT2D eigenvalue weighted by Crippen LogP contribution is -2.35. The zero-order valence-corrected chi connectivity index (χ0v) is 14.8. The van der Waals surface area contributed by atoms with Gasteiger partial charge in [0.05, 0.1) is 31.9 Å². The second kappa shape index (κ2) is 8.37. The number of amides is 1. The molecule has 2 heterocycles. The van der Waals surface area contributed by atoms with Gasteiger partial charge in [0.25, 0.3) is 0 Å². The monoisotopic (exact) mass is 345 g/mol. The number of hydrogen-bond donors (Lipinski definition) is 0. The average molecular weight is 345 g/mol. The van der Waals surface area contributed by atoms with Crippen LogP contribution in [0.25, 0.3) is 0 Å². The van der Waals surface area contributed by atoms with Crippen LogP contribution in [0.2, 0.25) is 0 Å². The maximum Gasteiger partial charge on any atom is 0.228 e. The van der Waals surface area contributed by atoms with Gasteiger partial charge in [-0.05, 0) is 5.56 Å². The van der Waals surface area contributed by atoms with Crippen molar-refractivity contribution < 1.29 is 9.53 Å². The molecule has 1 aromatic carbocycles. The van der Waals surface area contributed by atoms with Crippen LogP contribution in [0.1, 0.15) is 16.3 Å². The lowest BCUT2D eigenvalue weighted by atomic mass is 10.2. The molecule has 1 aliphatic heterocycles. The van der Waals surface area contributed by atoms with Crippen molar-refractivity contribution in [1.82, 2.24) is 14.8 Å². The van der Waals surface area contributed by atoms with E-state index in [4.69, 9.17) is 4.74 Å². The van der Waals surface area contributed by atoms with Crippen molar-refractivity contribution >= 4 is 17.2 Å². The van der Waals surface area contributed by atoms with Crippen LogP contribution >= 0.6 is 11.3 Å². The number of carbonyl (C=O) groups is 1. The molecule has 0 aliphatic carbocycles. The summed E-state index contributed by atoms with van der Waals surface area (Å²) >= 11 is 1.64. The second-order valence-corrected chi connectivity index (χ2v) is 6.98. The first-order chi connectivity index (χ1) is 11.7. The van der Waals surface area contributed by atoms with Crippen LogP contribution in [0.3, 0.4) is 0 Å². The molecule has 1 aliphatic rings. The Labute approximate surface area is 146 Å². The minimum Gasteiger partial charge on any atom is -0.379 e. The molecule has 0 saturated carbocycles. The number of hydrogen-bond acceptors (Lipinski definition) is 5. The van der Waals surface area contributed by atoms with Crippen molar-refractivity contribution in [3.8, 4) is 0 Å². The van der Waals surface area contributed by atoms with Crippen LogP contribution in [0.15, 0.2) is 35.7 Å². The molecule has 128 valence electrons. The van der Waals surface area contributed by atoms with E-state index in [0.29, 0.717) is 13.0 Å². The van der Waals surface area contributed by atoms with E-state index < -0.39 is 0 Å². The summed E-state index contributed by atoms with van der Waals surface area (Å²) in [4.78, 5) is 21.1. The van der Waals surface area contributed by atoms with E-state index in [1.165, 1.54) is 0 Å². The van der Waals surface area contributed by atoms with Crippen molar-refractivity contribution in [3.63, 3.8) is 0 Å². The summed E-state index contributed by atoms with van der Waals surface area (Å²) in [6, 6.07) is 10.0. The Balaban J connectivity index is 1.51. The summed E-state index contributed by atoms with van der Waals surface area (Å²) in [6.07, 6.45) is 0.364. The number of benzene rings is 1. The van der Waals surface area contributed by atoms with E-state index in [1.807, 2.05) is 42.8 Å². The van der Waals surface area contributed by atoms with Gasteiger partial charge >= 0.3 is 0 Å². The minimum absolute atomic E-state index is 0.0991. The van der Waals surface area contributed by atoms with E-state index in [9.17, 15) is 4.79 Å². The molecule has 2 aromatic rings. The molecule has 1 saturated heterocycles. The fourth-order valence-corrected chi connectivity index (χ4v) is 3.52. The van der Waals surface area contributed by atoms with Crippen LogP contribution in [0.4, 0.5) is 0 Å². The summed E-state index contributed by atoms with van der Waals surface area (Å²) < 4.78 is 5.36. The molecule has 1 aromatic heterocycles. The third-order valence-corrected chi connectivity index (χ3v) is 4.96. The highest BCUT2D eigenvalue weighted by atomic mass is 32.1. The largest absolute Gasteiger partial charge is 0.379 e. The van der Waals surface area contributed by atoms with Crippen LogP contribution < -0.4 is 0 Å². The summed E-state index contributed by atoms with van der Waals surface area (Å²) in [5, 5.41) is 3.08. The number of likely N-dealkylation sites (N-methyl/N-ethyl adjacent to an activating group) is 1. The van der Waals surface area contributed by atoms with E-state index in [2.05, 4.69) is 9.88 Å². The zero-order chi connectivity index (χ0) is 16.8. The molecule has 6 heteroatoms. The van der Waals surface area contributed by atoms with E-state index in [0.717, 1.165) is 49.1 Å². The molecular weight excluding hydrogens is 322 g/mol. The van der Waals surface area contributed by atoms with Gasteiger partial charge in [0.2, 0.25) is 5.91 Å². The maximum atomic E-state index is 12.4. The van der Waals surface area contributed by atoms with Crippen molar-refractivity contribution in [2.75, 3.05) is 33.4 Å². The molecule has 5 nitrogen and oxygen atoms in total. The molecule has 0 radical (unpaired) electrons. The third kappa shape index (κ3) is 4.87. The number of thiazole rings is 1. The molecule has 24 heavy (non-hydrogen) atoms. The van der Waals surface area contributed by atoms with Crippen molar-refractivity contribution in [3.05, 3.63) is 52.0 Å². The van der Waals surface area contributed by atoms with Crippen molar-refractivity contribution in [2.45, 2.75) is 19.5 Å². The predicted molar refractivity (Wildman–Crippen MR) is 94.8 cm³/mol. The van der Waals surface area contributed by atoms with E-state index in [1.54, 1.807) is 16.2 Å². The SMILES string of the molecule is CN(Cc1ccccc1)C(=O)Cc1csc(CN2CCOCC2)n1. The quantitative estimate of drug-likeness (QED) is 0.805. The topological polar surface area (TPSA) is 45.7 Å². The van der Waals surface area contributed by atoms with Crippen LogP contribution in [0, 0.1) is 0 Å². The number of morpholine rings is 1. The minimum atomic E-state index is 0.0991. The molecular formula is C18H23N3O2S. The molecule has 1 amide bonds. The first-order valence-corrected chi connectivity index (χ1v) is 9.10. The molecule has 3 rings (SSSR count). The standard InChI is InChI=1S/C18H23N3O2S/c1-20(12-15-5-3-2-4-6-15)18(22)11-16-14-24-17(19-16)13-21-7-9-23-10-8-21/h2-6,14H,7-13H2,1H3. The highest BCUT2D eigenvalue weighted by Gasteiger charge is 2.15. The molecule has 0 bridgehead atoms. The van der Waals surface area contributed by atoms with Gasteiger partial charge in [0.1, 0.15) is 5.01 Å². The highest BCUT2D eigenvalue weighted by molar-refractivity contribution is 7.09. The number of nitrogens with zero attached hydrogens (tertiary/aromatic N) is 3. The smallest absolute Gasteiger partial charge is 0.228 e. The molecule has 0 atom stereocenters. The second-order valence-electron chi connectivity index (χ2n) is 6.03. The van der Waals surface area contributed by atoms with E-state index >= 15 is 0 Å². The van der Waals surface area contributed by atoms with E-state index in [-0.39, 0.29) is 5.91 Å². The van der Waals surface area contributed by atoms with Gasteiger partial charge in [0.15, 0.2) is 0 Å². The first-order valence-electron chi connectivity index (χ1n) is 8.22. The van der Waals surface area contributed by atoms with Crippen molar-refractivity contribution in [2.24, 2.45) is 0 Å². The Hall–Kier alpha value is -1.76. The summed E-state index contributed by atoms with van der Waals surface area (Å²) in [5.74, 6) is 0.0991. The molecule has 0 spiro atoms. The first kappa shape index (κ1) is 17.1. The normalized spacial score (nSPS) is 15.4. The van der Waals surface area contributed by atoms with Crippen LogP contribution in [-0.4, -0.2) is 54.0 Å². The average Bonchev–Trinajstić information content (AvgIpc) is 3.03. The summed E-state index contributed by atoms with van der Waals surface area (Å²) in [6.45, 7) is 4.97. The van der Waals surface area contributed by atoms with Crippen LogP contribution in [0.5, 0.6) is 0 Å². The number of aromatic nitrogens is 1. The lowest BCUT2D eigenvalue weighted by molar-refractivity contribution is -0.129. The van der Waals surface area contributed by atoms with Gasteiger partial charge in [-0.1, -0.05) is 30.3 Å². The Kier molecular flexibility index (Phi) is 5.96. The third-order valence-electron chi connectivity index (χ3n) is 4.08. The lowest BCUT2D eigenvalue weighted by Gasteiger charge is -2.25. The number of ether oxygens (including phenoxy) is 1. The molecule has 0 unspecified atom stereocenters. The van der Waals surface area contributed by atoms with Gasteiger partial charge in [-0.25, -0.2) is 4.98 Å². The summed E-state index contributed by atoms with van der Waals surface area (Å²) in [7, 11) is 1.84. The Morgan fingerprint density at radius 1 is 1.29 bits per heavy atom. The van der Waals surface area contributed by atoms with Crippen molar-refractivity contribution in [1.29, 1.82) is 0 Å². The Morgan fingerprint density at radius 2 is 2.04 bits per heavy atom.